The molecule has 11 heteroatoms. The zero-order chi connectivity index (χ0) is 19.1. The molecule has 1 aliphatic heterocycles. The van der Waals surface area contributed by atoms with E-state index in [9.17, 15) is 19.2 Å². The molecule has 0 aliphatic carbocycles. The molecule has 1 rings (SSSR count). The van der Waals surface area contributed by atoms with Gasteiger partial charge in [-0.15, -0.1) is 11.6 Å². The predicted octanol–water partition coefficient (Wildman–Crippen LogP) is 0.683. The van der Waals surface area contributed by atoms with Gasteiger partial charge >= 0.3 is 23.9 Å². The van der Waals surface area contributed by atoms with Crippen LogP contribution >= 0.6 is 27.5 Å². The fourth-order valence-electron chi connectivity index (χ4n) is 2.19. The highest BCUT2D eigenvalue weighted by Crippen LogP contribution is 2.31. The van der Waals surface area contributed by atoms with Crippen molar-refractivity contribution in [3.8, 4) is 0 Å². The van der Waals surface area contributed by atoms with E-state index in [2.05, 4.69) is 15.9 Å². The summed E-state index contributed by atoms with van der Waals surface area (Å²) >= 11 is 8.53. The number of hydrogen-bond acceptors (Lipinski definition) is 9. The van der Waals surface area contributed by atoms with Gasteiger partial charge in [-0.05, 0) is 0 Å². The molecule has 9 nitrogen and oxygen atoms in total. The van der Waals surface area contributed by atoms with Crippen LogP contribution in [0.2, 0.25) is 0 Å². The second kappa shape index (κ2) is 9.93. The Morgan fingerprint density at radius 3 is 1.88 bits per heavy atom. The van der Waals surface area contributed by atoms with E-state index in [4.69, 9.17) is 35.3 Å². The van der Waals surface area contributed by atoms with Gasteiger partial charge in [0.05, 0.1) is 0 Å². The van der Waals surface area contributed by atoms with E-state index in [1.54, 1.807) is 0 Å². The number of ether oxygens (including phenoxy) is 5. The van der Waals surface area contributed by atoms with Crippen LogP contribution in [0.5, 0.6) is 0 Å². The lowest BCUT2D eigenvalue weighted by Gasteiger charge is -2.42. The van der Waals surface area contributed by atoms with Crippen LogP contribution < -0.4 is 0 Å². The van der Waals surface area contributed by atoms with Crippen LogP contribution in [0.25, 0.3) is 0 Å². The first-order valence-electron chi connectivity index (χ1n) is 7.18. The summed E-state index contributed by atoms with van der Waals surface area (Å²) < 4.78 is 25.9. The van der Waals surface area contributed by atoms with Crippen LogP contribution in [-0.4, -0.2) is 65.8 Å². The zero-order valence-corrected chi connectivity index (χ0v) is 16.1. The van der Waals surface area contributed by atoms with E-state index in [1.807, 2.05) is 0 Å². The number of hydrogen-bond donors (Lipinski definition) is 0. The van der Waals surface area contributed by atoms with Gasteiger partial charge in [-0.3, -0.25) is 19.2 Å². The van der Waals surface area contributed by atoms with E-state index in [-0.39, 0.29) is 12.5 Å². The Morgan fingerprint density at radius 2 is 1.40 bits per heavy atom. The maximum absolute atomic E-state index is 11.4. The van der Waals surface area contributed by atoms with Gasteiger partial charge < -0.3 is 23.7 Å². The predicted molar refractivity (Wildman–Crippen MR) is 85.9 cm³/mol. The fraction of sp³-hybridized carbons (Fsp3) is 0.714. The number of halogens is 2. The summed E-state index contributed by atoms with van der Waals surface area (Å²) in [5, 5.41) is -0.896. The molecule has 0 amide bonds. The molecular formula is C14H18BrClO9. The van der Waals surface area contributed by atoms with Crippen LogP contribution in [0.4, 0.5) is 0 Å². The van der Waals surface area contributed by atoms with E-state index in [1.165, 1.54) is 6.92 Å². The standard InChI is InChI=1S/C14H18BrClO9/c1-6(17)22-11-9(5-21-10(20)4-16)25-14(15)13(24-8(3)19)12(11)23-7(2)18/h9,11-14H,4-5H2,1-3H3/t9-,11-,12+,13-,14?/m1/s1. The topological polar surface area (TPSA) is 114 Å². The second-order valence-electron chi connectivity index (χ2n) is 5.06. The van der Waals surface area contributed by atoms with Gasteiger partial charge in [-0.25, -0.2) is 0 Å². The van der Waals surface area contributed by atoms with Gasteiger partial charge in [-0.1, -0.05) is 15.9 Å². The molecule has 1 unspecified atom stereocenters. The van der Waals surface area contributed by atoms with Crippen molar-refractivity contribution in [2.75, 3.05) is 12.5 Å². The Kier molecular flexibility index (Phi) is 8.60. The highest BCUT2D eigenvalue weighted by atomic mass is 79.9. The molecule has 1 fully saturated rings. The van der Waals surface area contributed by atoms with Crippen LogP contribution in [0.1, 0.15) is 20.8 Å². The Morgan fingerprint density at radius 1 is 0.920 bits per heavy atom. The van der Waals surface area contributed by atoms with Crippen molar-refractivity contribution in [3.05, 3.63) is 0 Å². The molecule has 0 spiro atoms. The third-order valence-corrected chi connectivity index (χ3v) is 3.96. The molecule has 0 aromatic rings. The lowest BCUT2D eigenvalue weighted by molar-refractivity contribution is -0.236. The first kappa shape index (κ1) is 21.7. The maximum Gasteiger partial charge on any atom is 0.320 e. The Balaban J connectivity index is 3.09. The van der Waals surface area contributed by atoms with E-state index in [0.717, 1.165) is 13.8 Å². The minimum absolute atomic E-state index is 0.309. The van der Waals surface area contributed by atoms with Crippen molar-refractivity contribution < 1.29 is 42.9 Å². The third kappa shape index (κ3) is 6.79. The molecule has 0 bridgehead atoms. The Hall–Kier alpha value is -1.39. The van der Waals surface area contributed by atoms with Crippen molar-refractivity contribution in [2.45, 2.75) is 50.2 Å². The molecule has 0 aromatic carbocycles. The number of carbonyl (C=O) groups excluding carboxylic acids is 4. The molecule has 1 saturated heterocycles. The number of carbonyl (C=O) groups is 4. The van der Waals surface area contributed by atoms with Crippen molar-refractivity contribution >= 4 is 51.4 Å². The summed E-state index contributed by atoms with van der Waals surface area (Å²) in [4.78, 5) is 45.4. The maximum atomic E-state index is 11.4. The first-order valence-corrected chi connectivity index (χ1v) is 8.63. The number of alkyl halides is 2. The summed E-state index contributed by atoms with van der Waals surface area (Å²) in [6.07, 6.45) is -4.38. The van der Waals surface area contributed by atoms with Gasteiger partial charge in [-0.2, -0.15) is 0 Å². The molecule has 1 aliphatic rings. The van der Waals surface area contributed by atoms with Crippen molar-refractivity contribution in [3.63, 3.8) is 0 Å². The summed E-state index contributed by atoms with van der Waals surface area (Å²) in [5.74, 6) is -3.09. The normalized spacial score (nSPS) is 28.6. The SMILES string of the molecule is CC(=O)O[C@H]1[C@H](OC(C)=O)[C@@H](OC(C)=O)C(Br)O[C@@H]1COC(=O)CCl. The fourth-order valence-corrected chi connectivity index (χ4v) is 2.95. The molecule has 142 valence electrons. The van der Waals surface area contributed by atoms with Gasteiger partial charge in [0.1, 0.15) is 18.6 Å². The second-order valence-corrected chi connectivity index (χ2v) is 6.23. The third-order valence-electron chi connectivity index (χ3n) is 3.00. The van der Waals surface area contributed by atoms with Crippen LogP contribution in [0.15, 0.2) is 0 Å². The molecule has 0 radical (unpaired) electrons. The van der Waals surface area contributed by atoms with Crippen LogP contribution in [0, 0.1) is 0 Å². The highest BCUT2D eigenvalue weighted by molar-refractivity contribution is 9.09. The number of rotatable bonds is 6. The quantitative estimate of drug-likeness (QED) is 0.331. The molecule has 0 saturated carbocycles. The molecule has 5 atom stereocenters. The Bertz CT molecular complexity index is 526. The van der Waals surface area contributed by atoms with Gasteiger partial charge in [0.2, 0.25) is 0 Å². The zero-order valence-electron chi connectivity index (χ0n) is 13.7. The van der Waals surface area contributed by atoms with E-state index < -0.39 is 53.3 Å². The number of esters is 4. The molecule has 0 aromatic heterocycles. The first-order chi connectivity index (χ1) is 11.6. The summed E-state index contributed by atoms with van der Waals surface area (Å²) in [7, 11) is 0. The minimum Gasteiger partial charge on any atom is -0.462 e. The van der Waals surface area contributed by atoms with Gasteiger partial charge in [0.25, 0.3) is 0 Å². The van der Waals surface area contributed by atoms with Crippen molar-refractivity contribution in [1.29, 1.82) is 0 Å². The van der Waals surface area contributed by atoms with Crippen molar-refractivity contribution in [1.82, 2.24) is 0 Å². The molecular weight excluding hydrogens is 428 g/mol. The summed E-state index contributed by atoms with van der Waals surface area (Å²) in [6, 6.07) is 0. The average Bonchev–Trinajstić information content (AvgIpc) is 2.50. The van der Waals surface area contributed by atoms with E-state index in [0.29, 0.717) is 0 Å². The molecule has 0 N–H and O–H groups in total. The lowest BCUT2D eigenvalue weighted by atomic mass is 9.99. The average molecular weight is 446 g/mol. The van der Waals surface area contributed by atoms with Crippen LogP contribution in [-0.2, 0) is 42.9 Å². The summed E-state index contributed by atoms with van der Waals surface area (Å²) in [6.45, 7) is 3.15. The van der Waals surface area contributed by atoms with Crippen molar-refractivity contribution in [2.24, 2.45) is 0 Å². The highest BCUT2D eigenvalue weighted by Gasteiger charge is 2.51. The smallest absolute Gasteiger partial charge is 0.320 e. The minimum atomic E-state index is -1.16. The Labute approximate surface area is 157 Å². The summed E-state index contributed by atoms with van der Waals surface area (Å²) in [5.41, 5.74) is 0. The molecule has 25 heavy (non-hydrogen) atoms. The van der Waals surface area contributed by atoms with E-state index >= 15 is 0 Å². The monoisotopic (exact) mass is 444 g/mol. The molecule has 1 heterocycles. The lowest BCUT2D eigenvalue weighted by Crippen LogP contribution is -2.61. The van der Waals surface area contributed by atoms with Gasteiger partial charge in [0.15, 0.2) is 23.3 Å². The largest absolute Gasteiger partial charge is 0.462 e. The van der Waals surface area contributed by atoms with Gasteiger partial charge in [0, 0.05) is 20.8 Å². The van der Waals surface area contributed by atoms with Crippen LogP contribution in [0.3, 0.4) is 0 Å².